The van der Waals surface area contributed by atoms with Crippen molar-refractivity contribution in [3.05, 3.63) is 29.3 Å². The van der Waals surface area contributed by atoms with Crippen molar-refractivity contribution in [3.63, 3.8) is 0 Å². The van der Waals surface area contributed by atoms with Crippen LogP contribution in [0.2, 0.25) is 0 Å². The molecule has 0 aliphatic carbocycles. The third-order valence-electron chi connectivity index (χ3n) is 1.88. The van der Waals surface area contributed by atoms with Gasteiger partial charge in [0.25, 0.3) is 0 Å². The van der Waals surface area contributed by atoms with Crippen LogP contribution in [0.15, 0.2) is 23.7 Å². The molecule has 1 aromatic heterocycles. The van der Waals surface area contributed by atoms with Gasteiger partial charge in [-0.05, 0) is 24.6 Å². The number of aromatic nitrogens is 1. The van der Waals surface area contributed by atoms with Gasteiger partial charge in [0.05, 0.1) is 15.7 Å². The van der Waals surface area contributed by atoms with Gasteiger partial charge in [0.1, 0.15) is 0 Å². The van der Waals surface area contributed by atoms with Crippen molar-refractivity contribution in [2.24, 2.45) is 5.73 Å². The van der Waals surface area contributed by atoms with Crippen molar-refractivity contribution in [1.29, 1.82) is 0 Å². The summed E-state index contributed by atoms with van der Waals surface area (Å²) in [7, 11) is 0. The molecule has 2 N–H and O–H groups in total. The predicted molar refractivity (Wildman–Crippen MR) is 52.2 cm³/mol. The minimum absolute atomic E-state index is 0.0936. The summed E-state index contributed by atoms with van der Waals surface area (Å²) >= 11 is 1.66. The molecule has 0 radical (unpaired) electrons. The van der Waals surface area contributed by atoms with E-state index in [4.69, 9.17) is 5.73 Å². The first-order valence-corrected chi connectivity index (χ1v) is 4.74. The van der Waals surface area contributed by atoms with E-state index < -0.39 is 0 Å². The van der Waals surface area contributed by atoms with Gasteiger partial charge < -0.3 is 5.73 Å². The van der Waals surface area contributed by atoms with Crippen LogP contribution < -0.4 is 5.73 Å². The maximum absolute atomic E-state index is 5.75. The summed E-state index contributed by atoms with van der Waals surface area (Å²) in [6.45, 7) is 1.98. The maximum atomic E-state index is 5.75. The van der Waals surface area contributed by atoms with Crippen LogP contribution in [0.3, 0.4) is 0 Å². The summed E-state index contributed by atoms with van der Waals surface area (Å²) in [5.74, 6) is 0. The average molecular weight is 178 g/mol. The topological polar surface area (TPSA) is 38.9 Å². The van der Waals surface area contributed by atoms with Gasteiger partial charge in [-0.1, -0.05) is 6.07 Å². The van der Waals surface area contributed by atoms with E-state index in [9.17, 15) is 0 Å². The minimum Gasteiger partial charge on any atom is -0.324 e. The largest absolute Gasteiger partial charge is 0.324 e. The van der Waals surface area contributed by atoms with Gasteiger partial charge in [-0.15, -0.1) is 11.3 Å². The molecule has 1 unspecified atom stereocenters. The Hall–Kier alpha value is -0.930. The van der Waals surface area contributed by atoms with Crippen LogP contribution in [0.4, 0.5) is 0 Å². The van der Waals surface area contributed by atoms with E-state index in [2.05, 4.69) is 23.2 Å². The van der Waals surface area contributed by atoms with Gasteiger partial charge in [-0.2, -0.15) is 0 Å². The van der Waals surface area contributed by atoms with Gasteiger partial charge in [0.15, 0.2) is 0 Å². The molecule has 0 spiro atoms. The van der Waals surface area contributed by atoms with Gasteiger partial charge in [0, 0.05) is 6.04 Å². The molecular formula is C9H10N2S. The Kier molecular flexibility index (Phi) is 1.83. The number of hydrogen-bond acceptors (Lipinski definition) is 3. The Labute approximate surface area is 75.0 Å². The van der Waals surface area contributed by atoms with E-state index in [1.165, 1.54) is 4.70 Å². The third kappa shape index (κ3) is 1.21. The van der Waals surface area contributed by atoms with Crippen LogP contribution in [0.25, 0.3) is 10.2 Å². The lowest BCUT2D eigenvalue weighted by Crippen LogP contribution is -2.04. The molecule has 0 aliphatic rings. The number of fused-ring (bicyclic) bond motifs is 1. The second kappa shape index (κ2) is 2.84. The number of thiazole rings is 1. The molecule has 12 heavy (non-hydrogen) atoms. The van der Waals surface area contributed by atoms with Crippen LogP contribution in [-0.4, -0.2) is 4.98 Å². The van der Waals surface area contributed by atoms with E-state index in [1.54, 1.807) is 11.3 Å². The minimum atomic E-state index is 0.0936. The summed E-state index contributed by atoms with van der Waals surface area (Å²) in [4.78, 5) is 4.22. The first-order valence-electron chi connectivity index (χ1n) is 3.86. The second-order valence-corrected chi connectivity index (χ2v) is 3.75. The highest BCUT2D eigenvalue weighted by Crippen LogP contribution is 2.21. The standard InChI is InChI=1S/C9H10N2S/c1-6(10)7-2-3-9-8(4-7)11-5-12-9/h2-6H,10H2,1H3. The molecule has 0 saturated heterocycles. The first-order chi connectivity index (χ1) is 5.77. The predicted octanol–water partition coefficient (Wildman–Crippen LogP) is 2.32. The van der Waals surface area contributed by atoms with Crippen LogP contribution >= 0.6 is 11.3 Å². The molecule has 3 heteroatoms. The summed E-state index contributed by atoms with van der Waals surface area (Å²) in [5.41, 5.74) is 9.80. The van der Waals surface area contributed by atoms with Crippen molar-refractivity contribution in [1.82, 2.24) is 4.98 Å². The Morgan fingerprint density at radius 2 is 2.33 bits per heavy atom. The van der Waals surface area contributed by atoms with Gasteiger partial charge in [-0.25, -0.2) is 4.98 Å². The number of hydrogen-bond donors (Lipinski definition) is 1. The van der Waals surface area contributed by atoms with E-state index in [-0.39, 0.29) is 6.04 Å². The zero-order chi connectivity index (χ0) is 8.55. The molecule has 1 atom stereocenters. The molecule has 62 valence electrons. The lowest BCUT2D eigenvalue weighted by atomic mass is 10.1. The van der Waals surface area contributed by atoms with E-state index >= 15 is 0 Å². The molecule has 1 aromatic carbocycles. The molecule has 2 aromatic rings. The van der Waals surface area contributed by atoms with Crippen LogP contribution in [0, 0.1) is 0 Å². The molecule has 2 nitrogen and oxygen atoms in total. The highest BCUT2D eigenvalue weighted by Gasteiger charge is 2.01. The van der Waals surface area contributed by atoms with Gasteiger partial charge >= 0.3 is 0 Å². The van der Waals surface area contributed by atoms with E-state index in [1.807, 2.05) is 12.4 Å². The van der Waals surface area contributed by atoms with Gasteiger partial charge in [0.2, 0.25) is 0 Å². The number of rotatable bonds is 1. The molecule has 0 bridgehead atoms. The van der Waals surface area contributed by atoms with Crippen LogP contribution in [0.5, 0.6) is 0 Å². The third-order valence-corrected chi connectivity index (χ3v) is 2.69. The van der Waals surface area contributed by atoms with Crippen LogP contribution in [-0.2, 0) is 0 Å². The average Bonchev–Trinajstić information content (AvgIpc) is 2.49. The zero-order valence-electron chi connectivity index (χ0n) is 6.82. The fraction of sp³-hybridized carbons (Fsp3) is 0.222. The van der Waals surface area contributed by atoms with Crippen molar-refractivity contribution in [2.45, 2.75) is 13.0 Å². The molecule has 2 rings (SSSR count). The molecule has 0 saturated carbocycles. The lowest BCUT2D eigenvalue weighted by molar-refractivity contribution is 0.820. The second-order valence-electron chi connectivity index (χ2n) is 2.87. The van der Waals surface area contributed by atoms with Gasteiger partial charge in [-0.3, -0.25) is 0 Å². The van der Waals surface area contributed by atoms with Crippen molar-refractivity contribution >= 4 is 21.6 Å². The Morgan fingerprint density at radius 1 is 1.50 bits per heavy atom. The smallest absolute Gasteiger partial charge is 0.0815 e. The molecule has 0 amide bonds. The molecule has 0 aliphatic heterocycles. The lowest BCUT2D eigenvalue weighted by Gasteiger charge is -2.03. The summed E-state index contributed by atoms with van der Waals surface area (Å²) in [6.07, 6.45) is 0. The Bertz CT molecular complexity index is 392. The monoisotopic (exact) mass is 178 g/mol. The summed E-state index contributed by atoms with van der Waals surface area (Å²) < 4.78 is 1.22. The Morgan fingerprint density at radius 3 is 3.08 bits per heavy atom. The SMILES string of the molecule is CC(N)c1ccc2scnc2c1. The first kappa shape index (κ1) is 7.71. The fourth-order valence-electron chi connectivity index (χ4n) is 1.16. The molecule has 0 fully saturated rings. The fourth-order valence-corrected chi connectivity index (χ4v) is 1.82. The quantitative estimate of drug-likeness (QED) is 0.727. The highest BCUT2D eigenvalue weighted by atomic mass is 32.1. The number of benzene rings is 1. The normalized spacial score (nSPS) is 13.5. The Balaban J connectivity index is 2.60. The van der Waals surface area contributed by atoms with Crippen molar-refractivity contribution < 1.29 is 0 Å². The summed E-state index contributed by atoms with van der Waals surface area (Å²) in [6, 6.07) is 6.28. The maximum Gasteiger partial charge on any atom is 0.0815 e. The highest BCUT2D eigenvalue weighted by molar-refractivity contribution is 7.16. The van der Waals surface area contributed by atoms with Crippen molar-refractivity contribution in [2.75, 3.05) is 0 Å². The van der Waals surface area contributed by atoms with Crippen molar-refractivity contribution in [3.8, 4) is 0 Å². The van der Waals surface area contributed by atoms with E-state index in [0.29, 0.717) is 0 Å². The van der Waals surface area contributed by atoms with E-state index in [0.717, 1.165) is 11.1 Å². The summed E-state index contributed by atoms with van der Waals surface area (Å²) in [5, 5.41) is 0. The molecule has 1 heterocycles. The number of nitrogens with two attached hydrogens (primary N) is 1. The van der Waals surface area contributed by atoms with Crippen LogP contribution in [0.1, 0.15) is 18.5 Å². The molecular weight excluding hydrogens is 168 g/mol. The number of nitrogens with zero attached hydrogens (tertiary/aromatic N) is 1. The zero-order valence-corrected chi connectivity index (χ0v) is 7.64.